The second kappa shape index (κ2) is 4.92. The van der Waals surface area contributed by atoms with Crippen molar-refractivity contribution < 1.29 is 15.0 Å². The Bertz CT molecular complexity index is 539. The molecule has 0 aromatic carbocycles. The summed E-state index contributed by atoms with van der Waals surface area (Å²) >= 11 is 0. The molecule has 0 radical (unpaired) electrons. The largest absolute Gasteiger partial charge is 0.392 e. The Morgan fingerprint density at radius 2 is 1.74 bits per heavy atom. The molecule has 130 valence electrons. The van der Waals surface area contributed by atoms with Crippen molar-refractivity contribution in [3.05, 3.63) is 12.7 Å². The molecule has 23 heavy (non-hydrogen) atoms. The van der Waals surface area contributed by atoms with Gasteiger partial charge in [-0.3, -0.25) is 4.79 Å². The van der Waals surface area contributed by atoms with Crippen LogP contribution in [0.4, 0.5) is 0 Å². The van der Waals surface area contributed by atoms with Gasteiger partial charge in [0.2, 0.25) is 0 Å². The molecular formula is C20H32O3. The Balaban J connectivity index is 2.00. The number of carbonyl (C=O) groups excluding carboxylic acids is 1. The SMILES string of the molecule is C=C[C@@]1(C)CC[C@]2(C)C(=O)[C@@]3(CC[C@H]2C1)[C@H](O)C[C@@H](O)C3(C)C. The smallest absolute Gasteiger partial charge is 0.148 e. The molecule has 2 N–H and O–H groups in total. The lowest BCUT2D eigenvalue weighted by Gasteiger charge is -2.58. The zero-order valence-corrected chi connectivity index (χ0v) is 15.1. The molecule has 3 aliphatic rings. The molecule has 3 aliphatic carbocycles. The molecule has 0 bridgehead atoms. The third kappa shape index (κ3) is 1.99. The lowest BCUT2D eigenvalue weighted by molar-refractivity contribution is -0.172. The number of Topliss-reactive ketones (excluding diaryl/α,β-unsaturated/α-hetero) is 1. The molecule has 3 heteroatoms. The maximum absolute atomic E-state index is 13.7. The van der Waals surface area contributed by atoms with Gasteiger partial charge in [-0.15, -0.1) is 6.58 Å². The van der Waals surface area contributed by atoms with Crippen LogP contribution in [-0.2, 0) is 4.79 Å². The normalized spacial score (nSPS) is 52.4. The van der Waals surface area contributed by atoms with E-state index in [4.69, 9.17) is 0 Å². The minimum atomic E-state index is -0.778. The van der Waals surface area contributed by atoms with Gasteiger partial charge < -0.3 is 10.2 Å². The van der Waals surface area contributed by atoms with E-state index in [0.29, 0.717) is 18.8 Å². The minimum absolute atomic E-state index is 0.123. The van der Waals surface area contributed by atoms with Crippen LogP contribution in [0.2, 0.25) is 0 Å². The van der Waals surface area contributed by atoms with E-state index >= 15 is 0 Å². The van der Waals surface area contributed by atoms with E-state index in [9.17, 15) is 15.0 Å². The first-order valence-corrected chi connectivity index (χ1v) is 9.08. The Hall–Kier alpha value is -0.670. The fraction of sp³-hybridized carbons (Fsp3) is 0.850. The van der Waals surface area contributed by atoms with Crippen LogP contribution in [0.15, 0.2) is 12.7 Å². The van der Waals surface area contributed by atoms with Gasteiger partial charge in [-0.2, -0.15) is 0 Å². The van der Waals surface area contributed by atoms with Crippen molar-refractivity contribution in [3.8, 4) is 0 Å². The van der Waals surface area contributed by atoms with Crippen molar-refractivity contribution in [2.75, 3.05) is 0 Å². The van der Waals surface area contributed by atoms with Crippen LogP contribution in [0.3, 0.4) is 0 Å². The fourth-order valence-electron chi connectivity index (χ4n) is 5.94. The summed E-state index contributed by atoms with van der Waals surface area (Å²) in [5, 5.41) is 21.2. The zero-order valence-electron chi connectivity index (χ0n) is 15.1. The van der Waals surface area contributed by atoms with Crippen LogP contribution < -0.4 is 0 Å². The molecule has 0 unspecified atom stereocenters. The van der Waals surface area contributed by atoms with Crippen molar-refractivity contribution >= 4 is 5.78 Å². The predicted molar refractivity (Wildman–Crippen MR) is 90.8 cm³/mol. The van der Waals surface area contributed by atoms with E-state index in [2.05, 4.69) is 26.5 Å². The van der Waals surface area contributed by atoms with Crippen LogP contribution in [0.25, 0.3) is 0 Å². The molecule has 0 amide bonds. The summed E-state index contributed by atoms with van der Waals surface area (Å²) in [5.41, 5.74) is -1.59. The van der Waals surface area contributed by atoms with E-state index in [-0.39, 0.29) is 16.6 Å². The maximum Gasteiger partial charge on any atom is 0.148 e. The molecule has 0 aromatic heterocycles. The minimum Gasteiger partial charge on any atom is -0.392 e. The second-order valence-electron chi connectivity index (χ2n) is 9.50. The van der Waals surface area contributed by atoms with Crippen molar-refractivity contribution in [2.24, 2.45) is 27.6 Å². The second-order valence-corrected chi connectivity index (χ2v) is 9.50. The molecule has 3 nitrogen and oxygen atoms in total. The summed E-state index contributed by atoms with van der Waals surface area (Å²) in [6.45, 7) is 12.3. The molecule has 1 spiro atoms. The molecule has 6 atom stereocenters. The quantitative estimate of drug-likeness (QED) is 0.727. The molecular weight excluding hydrogens is 288 g/mol. The number of hydrogen-bond acceptors (Lipinski definition) is 3. The van der Waals surface area contributed by atoms with Crippen molar-refractivity contribution in [1.29, 1.82) is 0 Å². The van der Waals surface area contributed by atoms with Gasteiger partial charge in [0.1, 0.15) is 5.78 Å². The average Bonchev–Trinajstić information content (AvgIpc) is 2.66. The van der Waals surface area contributed by atoms with Gasteiger partial charge >= 0.3 is 0 Å². The fourth-order valence-corrected chi connectivity index (χ4v) is 5.94. The monoisotopic (exact) mass is 320 g/mol. The number of hydrogen-bond donors (Lipinski definition) is 2. The standard InChI is InChI=1S/C20H32O3/c1-6-18(4)9-10-19(5)13(12-18)7-8-20(16(19)23)15(22)11-14(21)17(20,2)3/h6,13-15,21-22H,1,7-12H2,2-5H3/t13-,14+,15+,18-,19-,20+/m0/s1. The first-order valence-electron chi connectivity index (χ1n) is 9.08. The summed E-state index contributed by atoms with van der Waals surface area (Å²) in [7, 11) is 0. The first kappa shape index (κ1) is 17.2. The summed E-state index contributed by atoms with van der Waals surface area (Å²) in [6.07, 6.45) is 5.55. The van der Waals surface area contributed by atoms with E-state index in [1.54, 1.807) is 0 Å². The average molecular weight is 320 g/mol. The van der Waals surface area contributed by atoms with Crippen molar-refractivity contribution in [1.82, 2.24) is 0 Å². The molecule has 3 rings (SSSR count). The van der Waals surface area contributed by atoms with Gasteiger partial charge in [-0.1, -0.05) is 33.8 Å². The van der Waals surface area contributed by atoms with Crippen LogP contribution in [0, 0.1) is 27.6 Å². The third-order valence-electron chi connectivity index (χ3n) is 8.13. The van der Waals surface area contributed by atoms with Gasteiger partial charge in [0.05, 0.1) is 17.6 Å². The predicted octanol–water partition coefficient (Wildman–Crippen LogP) is 3.49. The van der Waals surface area contributed by atoms with E-state index in [0.717, 1.165) is 25.7 Å². The molecule has 0 aromatic rings. The Kier molecular flexibility index (Phi) is 3.67. The van der Waals surface area contributed by atoms with E-state index in [1.807, 2.05) is 13.8 Å². The van der Waals surface area contributed by atoms with Crippen molar-refractivity contribution in [3.63, 3.8) is 0 Å². The number of aliphatic hydroxyl groups excluding tert-OH is 2. The number of fused-ring (bicyclic) bond motifs is 1. The number of aliphatic hydroxyl groups is 2. The van der Waals surface area contributed by atoms with Crippen LogP contribution in [-0.4, -0.2) is 28.2 Å². The van der Waals surface area contributed by atoms with Gasteiger partial charge in [0, 0.05) is 17.3 Å². The van der Waals surface area contributed by atoms with Gasteiger partial charge in [-0.25, -0.2) is 0 Å². The van der Waals surface area contributed by atoms with Gasteiger partial charge in [0.25, 0.3) is 0 Å². The summed E-state index contributed by atoms with van der Waals surface area (Å²) in [5.74, 6) is 0.569. The Labute approximate surface area is 140 Å². The Morgan fingerprint density at radius 1 is 1.09 bits per heavy atom. The van der Waals surface area contributed by atoms with E-state index in [1.165, 1.54) is 0 Å². The molecule has 0 saturated heterocycles. The topological polar surface area (TPSA) is 57.5 Å². The molecule has 3 fully saturated rings. The first-order chi connectivity index (χ1) is 10.5. The van der Waals surface area contributed by atoms with Crippen LogP contribution in [0.5, 0.6) is 0 Å². The molecule has 0 heterocycles. The van der Waals surface area contributed by atoms with E-state index < -0.39 is 23.0 Å². The zero-order chi connectivity index (χ0) is 17.3. The number of rotatable bonds is 1. The third-order valence-corrected chi connectivity index (χ3v) is 8.13. The highest BCUT2D eigenvalue weighted by Crippen LogP contribution is 2.66. The molecule has 3 saturated carbocycles. The van der Waals surface area contributed by atoms with Crippen LogP contribution >= 0.6 is 0 Å². The number of ketones is 1. The summed E-state index contributed by atoms with van der Waals surface area (Å²) in [6, 6.07) is 0. The van der Waals surface area contributed by atoms with Gasteiger partial charge in [0.15, 0.2) is 0 Å². The van der Waals surface area contributed by atoms with Crippen molar-refractivity contribution in [2.45, 2.75) is 78.4 Å². The summed E-state index contributed by atoms with van der Waals surface area (Å²) in [4.78, 5) is 13.7. The maximum atomic E-state index is 13.7. The number of carbonyl (C=O) groups is 1. The molecule has 0 aliphatic heterocycles. The van der Waals surface area contributed by atoms with Crippen LogP contribution in [0.1, 0.15) is 66.2 Å². The summed E-state index contributed by atoms with van der Waals surface area (Å²) < 4.78 is 0. The van der Waals surface area contributed by atoms with Gasteiger partial charge in [-0.05, 0) is 43.4 Å². The highest BCUT2D eigenvalue weighted by Gasteiger charge is 2.69. The highest BCUT2D eigenvalue weighted by molar-refractivity contribution is 5.93. The Morgan fingerprint density at radius 3 is 2.26 bits per heavy atom. The lowest BCUT2D eigenvalue weighted by Crippen LogP contribution is -2.61. The number of allylic oxidation sites excluding steroid dienone is 1. The lowest BCUT2D eigenvalue weighted by atomic mass is 9.45. The highest BCUT2D eigenvalue weighted by atomic mass is 16.3.